The summed E-state index contributed by atoms with van der Waals surface area (Å²) < 4.78 is 11.3. The molecule has 1 aromatic rings. The summed E-state index contributed by atoms with van der Waals surface area (Å²) in [6.45, 7) is 10.5. The van der Waals surface area contributed by atoms with Crippen LogP contribution in [0, 0.1) is 5.41 Å². The van der Waals surface area contributed by atoms with Crippen molar-refractivity contribution < 1.29 is 23.9 Å². The molecule has 1 aliphatic carbocycles. The van der Waals surface area contributed by atoms with Crippen molar-refractivity contribution in [2.75, 3.05) is 18.5 Å². The number of rotatable bonds is 9. The van der Waals surface area contributed by atoms with Crippen molar-refractivity contribution in [2.45, 2.75) is 58.7 Å². The summed E-state index contributed by atoms with van der Waals surface area (Å²) in [6, 6.07) is 7.14. The lowest BCUT2D eigenvalue weighted by atomic mass is 9.69. The highest BCUT2D eigenvalue weighted by atomic mass is 16.6. The van der Waals surface area contributed by atoms with Crippen molar-refractivity contribution in [1.82, 2.24) is 0 Å². The molecule has 3 atom stereocenters. The van der Waals surface area contributed by atoms with Crippen LogP contribution in [0.5, 0.6) is 0 Å². The molecule has 6 heteroatoms. The molecule has 186 valence electrons. The summed E-state index contributed by atoms with van der Waals surface area (Å²) in [6.07, 6.45) is 9.47. The first-order valence-electron chi connectivity index (χ1n) is 12.0. The predicted octanol–water partition coefficient (Wildman–Crippen LogP) is 5.36. The first-order valence-corrected chi connectivity index (χ1v) is 12.0. The fourth-order valence-electron chi connectivity index (χ4n) is 4.52. The van der Waals surface area contributed by atoms with Crippen LogP contribution in [0.25, 0.3) is 0 Å². The first kappa shape index (κ1) is 26.2. The maximum atomic E-state index is 13.0. The zero-order chi connectivity index (χ0) is 25.6. The molecule has 3 rings (SSSR count). The van der Waals surface area contributed by atoms with E-state index >= 15 is 0 Å². The smallest absolute Gasteiger partial charge is 0.338 e. The number of likely N-dealkylation sites (N-methyl/N-ethyl adjacent to an activating group) is 1. The fourth-order valence-corrected chi connectivity index (χ4v) is 4.52. The van der Waals surface area contributed by atoms with E-state index < -0.39 is 29.6 Å². The molecule has 1 aromatic carbocycles. The number of carbonyl (C=O) groups is 3. The molecule has 1 fully saturated rings. The van der Waals surface area contributed by atoms with Crippen molar-refractivity contribution in [3.05, 3.63) is 77.9 Å². The van der Waals surface area contributed by atoms with Gasteiger partial charge < -0.3 is 14.4 Å². The minimum Gasteiger partial charge on any atom is -0.457 e. The molecule has 6 nitrogen and oxygen atoms in total. The molecule has 0 bridgehead atoms. The lowest BCUT2D eigenvalue weighted by molar-refractivity contribution is -0.140. The molecule has 0 aromatic heterocycles. The van der Waals surface area contributed by atoms with Gasteiger partial charge in [0.2, 0.25) is 0 Å². The van der Waals surface area contributed by atoms with Crippen molar-refractivity contribution in [2.24, 2.45) is 5.41 Å². The second-order valence-corrected chi connectivity index (χ2v) is 9.66. The molecular formula is C29H35NO5. The molecule has 0 saturated carbocycles. The quantitative estimate of drug-likeness (QED) is 0.352. The topological polar surface area (TPSA) is 72.9 Å². The number of hydrogen-bond acceptors (Lipinski definition) is 6. The summed E-state index contributed by atoms with van der Waals surface area (Å²) in [4.78, 5) is 40.1. The van der Waals surface area contributed by atoms with Crippen LogP contribution in [0.15, 0.2) is 72.4 Å². The van der Waals surface area contributed by atoms with Gasteiger partial charge in [-0.2, -0.15) is 0 Å². The number of cyclic esters (lactones) is 1. The van der Waals surface area contributed by atoms with Gasteiger partial charge in [0.1, 0.15) is 12.2 Å². The van der Waals surface area contributed by atoms with Crippen LogP contribution in [0.1, 0.15) is 56.8 Å². The fraction of sp³-hybridized carbons (Fsp3) is 0.414. The van der Waals surface area contributed by atoms with Crippen LogP contribution >= 0.6 is 0 Å². The summed E-state index contributed by atoms with van der Waals surface area (Å²) >= 11 is 0. The Hall–Kier alpha value is -3.41. The van der Waals surface area contributed by atoms with E-state index in [-0.39, 0.29) is 18.6 Å². The van der Waals surface area contributed by atoms with E-state index in [2.05, 4.69) is 26.5 Å². The van der Waals surface area contributed by atoms with Crippen LogP contribution in [0.3, 0.4) is 0 Å². The molecule has 1 saturated heterocycles. The Kier molecular flexibility index (Phi) is 8.49. The van der Waals surface area contributed by atoms with Gasteiger partial charge in [-0.1, -0.05) is 23.3 Å². The van der Waals surface area contributed by atoms with Gasteiger partial charge in [-0.3, -0.25) is 9.59 Å². The van der Waals surface area contributed by atoms with Gasteiger partial charge in [0.25, 0.3) is 0 Å². The number of ether oxygens (including phenoxy) is 2. The third-order valence-corrected chi connectivity index (χ3v) is 6.51. The van der Waals surface area contributed by atoms with Gasteiger partial charge in [0.15, 0.2) is 5.78 Å². The highest BCUT2D eigenvalue weighted by Crippen LogP contribution is 2.45. The third kappa shape index (κ3) is 6.38. The van der Waals surface area contributed by atoms with E-state index in [1.807, 2.05) is 37.1 Å². The standard InChI is InChI=1S/C29H35NO5/c1-6-16-30(5)23-12-10-22(11-13-23)28(33)34-24-14-15-25(31)29(18-24)19-27(32)35-26(29)17-21(4)9-7-8-20(2)3/h6,8,10-15,17,24,26H,1,7,9,16,18-19H2,2-5H3/b21-17+/t24-,26-,29?/m1/s1. The number of esters is 2. The van der Waals surface area contributed by atoms with Gasteiger partial charge in [-0.15, -0.1) is 6.58 Å². The highest BCUT2D eigenvalue weighted by molar-refractivity contribution is 6.00. The van der Waals surface area contributed by atoms with E-state index in [1.165, 1.54) is 11.6 Å². The van der Waals surface area contributed by atoms with E-state index in [9.17, 15) is 14.4 Å². The minimum absolute atomic E-state index is 0.0169. The first-order chi connectivity index (χ1) is 16.6. The van der Waals surface area contributed by atoms with Gasteiger partial charge in [0.05, 0.1) is 17.4 Å². The van der Waals surface area contributed by atoms with Crippen LogP contribution < -0.4 is 4.90 Å². The lowest BCUT2D eigenvalue weighted by Crippen LogP contribution is -2.43. The average molecular weight is 478 g/mol. The van der Waals surface area contributed by atoms with Crippen LogP contribution in [-0.2, 0) is 19.1 Å². The second kappa shape index (κ2) is 11.3. The molecule has 1 spiro atoms. The molecule has 0 amide bonds. The maximum Gasteiger partial charge on any atom is 0.338 e. The Morgan fingerprint density at radius 2 is 1.94 bits per heavy atom. The number of carbonyl (C=O) groups excluding carboxylic acids is 3. The largest absolute Gasteiger partial charge is 0.457 e. The molecule has 0 radical (unpaired) electrons. The Labute approximate surface area is 208 Å². The third-order valence-electron chi connectivity index (χ3n) is 6.51. The van der Waals surface area contributed by atoms with E-state index in [0.29, 0.717) is 12.1 Å². The highest BCUT2D eigenvalue weighted by Gasteiger charge is 2.55. The number of allylic oxidation sites excluding steroid dienone is 4. The monoisotopic (exact) mass is 477 g/mol. The zero-order valence-corrected chi connectivity index (χ0v) is 21.1. The number of anilines is 1. The van der Waals surface area contributed by atoms with Crippen LogP contribution in [0.2, 0.25) is 0 Å². The van der Waals surface area contributed by atoms with Gasteiger partial charge >= 0.3 is 11.9 Å². The summed E-state index contributed by atoms with van der Waals surface area (Å²) in [5.74, 6) is -1.04. The molecule has 1 unspecified atom stereocenters. The van der Waals surface area contributed by atoms with Crippen LogP contribution in [-0.4, -0.2) is 43.5 Å². The van der Waals surface area contributed by atoms with E-state index in [1.54, 1.807) is 24.3 Å². The molecular weight excluding hydrogens is 442 g/mol. The Morgan fingerprint density at radius 3 is 2.60 bits per heavy atom. The summed E-state index contributed by atoms with van der Waals surface area (Å²) in [5, 5.41) is 0. The average Bonchev–Trinajstić information content (AvgIpc) is 3.11. The molecule has 1 aliphatic heterocycles. The van der Waals surface area contributed by atoms with E-state index in [0.717, 1.165) is 24.1 Å². The molecule has 1 heterocycles. The number of hydrogen-bond donors (Lipinski definition) is 0. The van der Waals surface area contributed by atoms with Gasteiger partial charge in [-0.25, -0.2) is 4.79 Å². The lowest BCUT2D eigenvalue weighted by Gasteiger charge is -2.34. The SMILES string of the molecule is C=CCN(C)c1ccc(C(=O)O[C@@H]2C=CC(=O)C3(CC(=O)O[C@@H]3/C=C(\C)CCC=C(C)C)C2)cc1. The van der Waals surface area contributed by atoms with Crippen molar-refractivity contribution in [3.8, 4) is 0 Å². The zero-order valence-electron chi connectivity index (χ0n) is 21.1. The maximum absolute atomic E-state index is 13.0. The molecule has 0 N–H and O–H groups in total. The van der Waals surface area contributed by atoms with Crippen molar-refractivity contribution in [3.63, 3.8) is 0 Å². The van der Waals surface area contributed by atoms with Crippen molar-refractivity contribution >= 4 is 23.4 Å². The van der Waals surface area contributed by atoms with Crippen LogP contribution in [0.4, 0.5) is 5.69 Å². The Balaban J connectivity index is 1.72. The normalized spacial score (nSPS) is 23.7. The predicted molar refractivity (Wildman–Crippen MR) is 137 cm³/mol. The van der Waals surface area contributed by atoms with Gasteiger partial charge in [-0.05, 0) is 76.1 Å². The number of nitrogens with zero attached hydrogens (tertiary/aromatic N) is 1. The summed E-state index contributed by atoms with van der Waals surface area (Å²) in [7, 11) is 1.94. The Morgan fingerprint density at radius 1 is 1.23 bits per heavy atom. The minimum atomic E-state index is -1.05. The van der Waals surface area contributed by atoms with Crippen molar-refractivity contribution in [1.29, 1.82) is 0 Å². The second-order valence-electron chi connectivity index (χ2n) is 9.66. The molecule has 35 heavy (non-hydrogen) atoms. The van der Waals surface area contributed by atoms with Gasteiger partial charge in [0, 0.05) is 25.7 Å². The Bertz CT molecular complexity index is 1060. The summed E-state index contributed by atoms with van der Waals surface area (Å²) in [5.41, 5.74) is 2.63. The molecule has 2 aliphatic rings. The van der Waals surface area contributed by atoms with E-state index in [4.69, 9.17) is 9.47 Å². The number of ketones is 1. The number of benzene rings is 1.